The third kappa shape index (κ3) is 2.95. The Hall–Kier alpha value is 0.260. The van der Waals surface area contributed by atoms with Crippen LogP contribution < -0.4 is 0 Å². The van der Waals surface area contributed by atoms with Crippen LogP contribution in [0, 0.1) is 0 Å². The van der Waals surface area contributed by atoms with Crippen molar-refractivity contribution in [3.63, 3.8) is 0 Å². The molecule has 0 saturated heterocycles. The second-order valence-electron chi connectivity index (χ2n) is 2.08. The van der Waals surface area contributed by atoms with Crippen LogP contribution in [0.1, 0.15) is 0 Å². The average molecular weight is 312 g/mol. The second kappa shape index (κ2) is 5.09. The van der Waals surface area contributed by atoms with E-state index in [2.05, 4.69) is 43.5 Å². The molecule has 0 amide bonds. The lowest BCUT2D eigenvalue weighted by atomic mass is 10.8. The molecule has 0 aliphatic rings. The van der Waals surface area contributed by atoms with Crippen LogP contribution >= 0.6 is 43.6 Å². The highest BCUT2D eigenvalue weighted by Gasteiger charge is 2.01. The zero-order valence-corrected chi connectivity index (χ0v) is 10.3. The van der Waals surface area contributed by atoms with Gasteiger partial charge in [-0.25, -0.2) is 4.68 Å². The van der Waals surface area contributed by atoms with Gasteiger partial charge in [0.25, 0.3) is 0 Å². The van der Waals surface area contributed by atoms with Crippen LogP contribution in [0.4, 0.5) is 0 Å². The molecule has 0 saturated carbocycles. The maximum absolute atomic E-state index is 4.21. The molecule has 0 aliphatic carbocycles. The highest BCUT2D eigenvalue weighted by molar-refractivity contribution is 9.11. The molecule has 0 atom stereocenters. The standard InChI is InChI=1S/C7H8Br2N2S/c1-2-3-12-5-11-7(9)4-6(8)10-11/h2,4H,1,3,5H2. The van der Waals surface area contributed by atoms with Crippen molar-refractivity contribution in [1.29, 1.82) is 0 Å². The summed E-state index contributed by atoms with van der Waals surface area (Å²) in [5.74, 6) is 1.79. The van der Waals surface area contributed by atoms with Crippen LogP contribution in [-0.2, 0) is 5.88 Å². The van der Waals surface area contributed by atoms with Crippen molar-refractivity contribution in [3.05, 3.63) is 27.9 Å². The Morgan fingerprint density at radius 2 is 2.42 bits per heavy atom. The van der Waals surface area contributed by atoms with Crippen LogP contribution in [0.5, 0.6) is 0 Å². The summed E-state index contributed by atoms with van der Waals surface area (Å²) >= 11 is 8.47. The number of hydrogen-bond acceptors (Lipinski definition) is 2. The number of rotatable bonds is 4. The number of nitrogens with zero attached hydrogens (tertiary/aromatic N) is 2. The lowest BCUT2D eigenvalue weighted by molar-refractivity contribution is 0.728. The zero-order chi connectivity index (χ0) is 8.97. The quantitative estimate of drug-likeness (QED) is 0.627. The van der Waals surface area contributed by atoms with E-state index in [1.54, 1.807) is 11.8 Å². The minimum absolute atomic E-state index is 0.845. The topological polar surface area (TPSA) is 17.8 Å². The lowest BCUT2D eigenvalue weighted by Crippen LogP contribution is -1.96. The van der Waals surface area contributed by atoms with Crippen molar-refractivity contribution in [2.75, 3.05) is 5.75 Å². The van der Waals surface area contributed by atoms with E-state index in [9.17, 15) is 0 Å². The molecular weight excluding hydrogens is 304 g/mol. The third-order valence-electron chi connectivity index (χ3n) is 1.15. The summed E-state index contributed by atoms with van der Waals surface area (Å²) in [6, 6.07) is 1.93. The molecule has 0 bridgehead atoms. The maximum Gasteiger partial charge on any atom is 0.129 e. The average Bonchev–Trinajstić information content (AvgIpc) is 2.31. The van der Waals surface area contributed by atoms with Gasteiger partial charge in [0.05, 0.1) is 5.88 Å². The highest BCUT2D eigenvalue weighted by atomic mass is 79.9. The summed E-state index contributed by atoms with van der Waals surface area (Å²) in [6.45, 7) is 3.65. The zero-order valence-electron chi connectivity index (χ0n) is 6.33. The van der Waals surface area contributed by atoms with Gasteiger partial charge in [0, 0.05) is 11.8 Å². The van der Waals surface area contributed by atoms with Crippen molar-refractivity contribution in [3.8, 4) is 0 Å². The van der Waals surface area contributed by atoms with Crippen molar-refractivity contribution >= 4 is 43.6 Å². The first kappa shape index (κ1) is 10.3. The minimum Gasteiger partial charge on any atom is -0.247 e. The van der Waals surface area contributed by atoms with Gasteiger partial charge in [0.2, 0.25) is 0 Å². The molecule has 12 heavy (non-hydrogen) atoms. The molecule has 0 N–H and O–H groups in total. The fraction of sp³-hybridized carbons (Fsp3) is 0.286. The van der Waals surface area contributed by atoms with Crippen LogP contribution in [0.25, 0.3) is 0 Å². The van der Waals surface area contributed by atoms with Gasteiger partial charge in [0.15, 0.2) is 0 Å². The molecule has 0 unspecified atom stereocenters. The molecule has 1 rings (SSSR count). The first-order valence-corrected chi connectivity index (χ1v) is 6.05. The molecule has 1 aromatic rings. The molecule has 0 radical (unpaired) electrons. The van der Waals surface area contributed by atoms with Crippen molar-refractivity contribution in [2.24, 2.45) is 0 Å². The molecule has 0 spiro atoms. The largest absolute Gasteiger partial charge is 0.247 e. The molecule has 0 fully saturated rings. The summed E-state index contributed by atoms with van der Waals surface area (Å²) in [7, 11) is 0. The Morgan fingerprint density at radius 1 is 1.67 bits per heavy atom. The summed E-state index contributed by atoms with van der Waals surface area (Å²) in [5.41, 5.74) is 0. The summed E-state index contributed by atoms with van der Waals surface area (Å²) in [6.07, 6.45) is 1.89. The van der Waals surface area contributed by atoms with Crippen LogP contribution in [-0.4, -0.2) is 15.5 Å². The lowest BCUT2D eigenvalue weighted by Gasteiger charge is -1.99. The van der Waals surface area contributed by atoms with Gasteiger partial charge in [-0.05, 0) is 31.9 Å². The molecule has 1 aromatic heterocycles. The Bertz CT molecular complexity index is 272. The highest BCUT2D eigenvalue weighted by Crippen LogP contribution is 2.18. The predicted molar refractivity (Wildman–Crippen MR) is 60.3 cm³/mol. The van der Waals surface area contributed by atoms with Gasteiger partial charge in [0.1, 0.15) is 9.21 Å². The predicted octanol–water partition coefficient (Wildman–Crippen LogP) is 3.28. The van der Waals surface area contributed by atoms with E-state index in [0.29, 0.717) is 0 Å². The van der Waals surface area contributed by atoms with Gasteiger partial charge in [-0.15, -0.1) is 18.3 Å². The first-order valence-electron chi connectivity index (χ1n) is 3.31. The second-order valence-corrected chi connectivity index (χ2v) is 4.70. The molecule has 0 aromatic carbocycles. The normalized spacial score (nSPS) is 10.2. The van der Waals surface area contributed by atoms with E-state index >= 15 is 0 Å². The smallest absolute Gasteiger partial charge is 0.129 e. The SMILES string of the molecule is C=CCSCn1nc(Br)cc1Br. The fourth-order valence-electron chi connectivity index (χ4n) is 0.678. The van der Waals surface area contributed by atoms with Gasteiger partial charge < -0.3 is 0 Å². The van der Waals surface area contributed by atoms with Crippen molar-refractivity contribution in [2.45, 2.75) is 5.88 Å². The number of hydrogen-bond donors (Lipinski definition) is 0. The maximum atomic E-state index is 4.21. The van der Waals surface area contributed by atoms with E-state index < -0.39 is 0 Å². The van der Waals surface area contributed by atoms with Crippen LogP contribution in [0.15, 0.2) is 27.9 Å². The van der Waals surface area contributed by atoms with Gasteiger partial charge in [-0.3, -0.25) is 0 Å². The van der Waals surface area contributed by atoms with E-state index in [4.69, 9.17) is 0 Å². The van der Waals surface area contributed by atoms with E-state index in [1.807, 2.05) is 16.8 Å². The van der Waals surface area contributed by atoms with Gasteiger partial charge in [-0.2, -0.15) is 5.10 Å². The van der Waals surface area contributed by atoms with Crippen molar-refractivity contribution < 1.29 is 0 Å². The molecule has 5 heteroatoms. The van der Waals surface area contributed by atoms with Gasteiger partial charge >= 0.3 is 0 Å². The Morgan fingerprint density at radius 3 is 2.92 bits per heavy atom. The number of aromatic nitrogens is 2. The first-order chi connectivity index (χ1) is 5.74. The number of halogens is 2. The molecule has 0 aliphatic heterocycles. The summed E-state index contributed by atoms with van der Waals surface area (Å²) in [4.78, 5) is 0. The van der Waals surface area contributed by atoms with E-state index in [0.717, 1.165) is 20.8 Å². The van der Waals surface area contributed by atoms with Crippen LogP contribution in [0.3, 0.4) is 0 Å². The fourth-order valence-corrected chi connectivity index (χ4v) is 2.62. The van der Waals surface area contributed by atoms with Crippen LogP contribution in [0.2, 0.25) is 0 Å². The molecule has 1 heterocycles. The molecule has 2 nitrogen and oxygen atoms in total. The molecular formula is C7H8Br2N2S. The third-order valence-corrected chi connectivity index (χ3v) is 3.07. The summed E-state index contributed by atoms with van der Waals surface area (Å²) in [5, 5.41) is 4.21. The monoisotopic (exact) mass is 310 g/mol. The minimum atomic E-state index is 0.845. The van der Waals surface area contributed by atoms with Gasteiger partial charge in [-0.1, -0.05) is 6.08 Å². The number of thioether (sulfide) groups is 1. The van der Waals surface area contributed by atoms with Crippen molar-refractivity contribution in [1.82, 2.24) is 9.78 Å². The van der Waals surface area contributed by atoms with E-state index in [-0.39, 0.29) is 0 Å². The Labute approximate surface area is 92.7 Å². The molecule has 66 valence electrons. The Kier molecular flexibility index (Phi) is 4.39. The Balaban J connectivity index is 2.50. The summed E-state index contributed by atoms with van der Waals surface area (Å²) < 4.78 is 3.73. The van der Waals surface area contributed by atoms with E-state index in [1.165, 1.54) is 0 Å².